The van der Waals surface area contributed by atoms with Crippen molar-refractivity contribution in [3.63, 3.8) is 0 Å². The number of aryl methyl sites for hydroxylation is 2. The number of rotatable bonds is 5. The van der Waals surface area contributed by atoms with Crippen LogP contribution in [-0.4, -0.2) is 45.9 Å². The minimum Gasteiger partial charge on any atom is -0.481 e. The van der Waals surface area contributed by atoms with Crippen LogP contribution in [0.5, 0.6) is 0 Å². The third-order valence-corrected chi connectivity index (χ3v) is 5.42. The van der Waals surface area contributed by atoms with Crippen LogP contribution >= 0.6 is 0 Å². The zero-order valence-electron chi connectivity index (χ0n) is 11.6. The Hall–Kier alpha value is -1.41. The monoisotopic (exact) mass is 301 g/mol. The van der Waals surface area contributed by atoms with E-state index < -0.39 is 22.0 Å². The van der Waals surface area contributed by atoms with Gasteiger partial charge in [-0.1, -0.05) is 0 Å². The van der Waals surface area contributed by atoms with Crippen LogP contribution in [0.3, 0.4) is 0 Å². The van der Waals surface area contributed by atoms with E-state index in [-0.39, 0.29) is 11.4 Å². The molecule has 2 heterocycles. The lowest BCUT2D eigenvalue weighted by molar-refractivity contribution is -0.137. The van der Waals surface area contributed by atoms with Crippen molar-refractivity contribution in [3.05, 3.63) is 12.0 Å². The summed E-state index contributed by atoms with van der Waals surface area (Å²) in [6.07, 6.45) is 2.62. The summed E-state index contributed by atoms with van der Waals surface area (Å²) in [5.74, 6) is -0.340. The molecule has 0 spiro atoms. The molecule has 8 heteroatoms. The van der Waals surface area contributed by atoms with Crippen molar-refractivity contribution < 1.29 is 18.3 Å². The topological polar surface area (TPSA) is 92.5 Å². The third-order valence-electron chi connectivity index (χ3n) is 3.60. The van der Waals surface area contributed by atoms with Gasteiger partial charge in [0.25, 0.3) is 10.0 Å². The number of sulfonamides is 1. The average molecular weight is 301 g/mol. The molecular weight excluding hydrogens is 282 g/mol. The maximum Gasteiger partial charge on any atom is 0.304 e. The Morgan fingerprint density at radius 3 is 2.80 bits per heavy atom. The second kappa shape index (κ2) is 5.53. The SMILES string of the molecule is CCn1cc(S(=O)(=O)N2CCCC2CC(=O)O)nc1C. The van der Waals surface area contributed by atoms with Gasteiger partial charge in [-0.2, -0.15) is 4.31 Å². The smallest absolute Gasteiger partial charge is 0.304 e. The first-order valence-corrected chi connectivity index (χ1v) is 8.07. The Bertz CT molecular complexity index is 608. The molecule has 1 aromatic heterocycles. The number of imidazole rings is 1. The first-order chi connectivity index (χ1) is 9.36. The normalized spacial score (nSPS) is 20.4. The van der Waals surface area contributed by atoms with Crippen molar-refractivity contribution in [1.82, 2.24) is 13.9 Å². The van der Waals surface area contributed by atoms with Crippen LogP contribution in [-0.2, 0) is 21.4 Å². The lowest BCUT2D eigenvalue weighted by Crippen LogP contribution is -2.37. The lowest BCUT2D eigenvalue weighted by atomic mass is 10.2. The Balaban J connectivity index is 2.31. The highest BCUT2D eigenvalue weighted by molar-refractivity contribution is 7.89. The predicted molar refractivity (Wildman–Crippen MR) is 71.8 cm³/mol. The summed E-state index contributed by atoms with van der Waals surface area (Å²) in [5, 5.41) is 8.88. The number of carbonyl (C=O) groups is 1. The van der Waals surface area contributed by atoms with Crippen molar-refractivity contribution in [1.29, 1.82) is 0 Å². The van der Waals surface area contributed by atoms with Crippen LogP contribution in [0.15, 0.2) is 11.2 Å². The molecule has 0 saturated carbocycles. The van der Waals surface area contributed by atoms with E-state index in [1.807, 2.05) is 6.92 Å². The average Bonchev–Trinajstić information content (AvgIpc) is 2.95. The third kappa shape index (κ3) is 2.71. The van der Waals surface area contributed by atoms with Crippen LogP contribution in [0.4, 0.5) is 0 Å². The van der Waals surface area contributed by atoms with Gasteiger partial charge >= 0.3 is 5.97 Å². The Morgan fingerprint density at radius 1 is 1.55 bits per heavy atom. The van der Waals surface area contributed by atoms with Crippen LogP contribution in [0, 0.1) is 6.92 Å². The van der Waals surface area contributed by atoms with Gasteiger partial charge in [-0.3, -0.25) is 4.79 Å². The molecule has 1 aromatic rings. The molecule has 20 heavy (non-hydrogen) atoms. The van der Waals surface area contributed by atoms with Gasteiger partial charge in [0.1, 0.15) is 5.82 Å². The van der Waals surface area contributed by atoms with Crippen molar-refractivity contribution in [3.8, 4) is 0 Å². The molecule has 0 amide bonds. The van der Waals surface area contributed by atoms with Gasteiger partial charge in [-0.05, 0) is 26.7 Å². The Kier molecular flexibility index (Phi) is 4.14. The van der Waals surface area contributed by atoms with Crippen LogP contribution in [0.1, 0.15) is 32.0 Å². The summed E-state index contributed by atoms with van der Waals surface area (Å²) in [6, 6.07) is -0.468. The van der Waals surface area contributed by atoms with E-state index >= 15 is 0 Å². The maximum atomic E-state index is 12.6. The molecule has 1 aliphatic heterocycles. The van der Waals surface area contributed by atoms with E-state index in [2.05, 4.69) is 4.98 Å². The van der Waals surface area contributed by atoms with Gasteiger partial charge < -0.3 is 9.67 Å². The highest BCUT2D eigenvalue weighted by atomic mass is 32.2. The molecule has 1 fully saturated rings. The van der Waals surface area contributed by atoms with Gasteiger partial charge in [-0.15, -0.1) is 0 Å². The minimum atomic E-state index is -3.71. The predicted octanol–water partition coefficient (Wildman–Crippen LogP) is 0.839. The molecule has 0 aliphatic carbocycles. The zero-order valence-corrected chi connectivity index (χ0v) is 12.4. The molecule has 0 radical (unpaired) electrons. The molecule has 0 bridgehead atoms. The molecule has 1 unspecified atom stereocenters. The van der Waals surface area contributed by atoms with Gasteiger partial charge in [0, 0.05) is 25.3 Å². The van der Waals surface area contributed by atoms with Crippen molar-refractivity contribution >= 4 is 16.0 Å². The van der Waals surface area contributed by atoms with Gasteiger partial charge in [0.05, 0.1) is 6.42 Å². The van der Waals surface area contributed by atoms with Gasteiger partial charge in [0.15, 0.2) is 5.03 Å². The molecule has 7 nitrogen and oxygen atoms in total. The number of hydrogen-bond donors (Lipinski definition) is 1. The summed E-state index contributed by atoms with van der Waals surface area (Å²) >= 11 is 0. The van der Waals surface area contributed by atoms with Crippen LogP contribution in [0.25, 0.3) is 0 Å². The standard InChI is InChI=1S/C12H19N3O4S/c1-3-14-8-11(13-9(14)2)20(18,19)15-6-4-5-10(15)7-12(16)17/h8,10H,3-7H2,1-2H3,(H,16,17). The number of aliphatic carboxylic acids is 1. The van der Waals surface area contributed by atoms with E-state index in [0.29, 0.717) is 31.8 Å². The first-order valence-electron chi connectivity index (χ1n) is 6.63. The summed E-state index contributed by atoms with van der Waals surface area (Å²) in [6.45, 7) is 4.67. The maximum absolute atomic E-state index is 12.6. The largest absolute Gasteiger partial charge is 0.481 e. The second-order valence-electron chi connectivity index (χ2n) is 4.92. The van der Waals surface area contributed by atoms with E-state index in [1.165, 1.54) is 10.5 Å². The molecule has 1 N–H and O–H groups in total. The zero-order chi connectivity index (χ0) is 14.9. The number of aromatic nitrogens is 2. The van der Waals surface area contributed by atoms with Crippen molar-refractivity contribution in [2.24, 2.45) is 0 Å². The van der Waals surface area contributed by atoms with E-state index in [4.69, 9.17) is 5.11 Å². The molecule has 1 saturated heterocycles. The first kappa shape index (κ1) is 15.0. The fraction of sp³-hybridized carbons (Fsp3) is 0.667. The fourth-order valence-corrected chi connectivity index (χ4v) is 4.27. The van der Waals surface area contributed by atoms with Gasteiger partial charge in [-0.25, -0.2) is 13.4 Å². The van der Waals surface area contributed by atoms with E-state index in [9.17, 15) is 13.2 Å². The quantitative estimate of drug-likeness (QED) is 0.870. The molecule has 112 valence electrons. The van der Waals surface area contributed by atoms with Crippen molar-refractivity contribution in [2.75, 3.05) is 6.54 Å². The van der Waals surface area contributed by atoms with Crippen LogP contribution in [0.2, 0.25) is 0 Å². The Labute approximate surface area is 118 Å². The lowest BCUT2D eigenvalue weighted by Gasteiger charge is -2.21. The number of carboxylic acid groups (broad SMARTS) is 1. The number of nitrogens with zero attached hydrogens (tertiary/aromatic N) is 3. The molecule has 1 atom stereocenters. The molecular formula is C12H19N3O4S. The molecule has 0 aromatic carbocycles. The Morgan fingerprint density at radius 2 is 2.25 bits per heavy atom. The van der Waals surface area contributed by atoms with Crippen LogP contribution < -0.4 is 0 Å². The summed E-state index contributed by atoms with van der Waals surface area (Å²) in [5.41, 5.74) is 0. The number of hydrogen-bond acceptors (Lipinski definition) is 4. The van der Waals surface area contributed by atoms with Gasteiger partial charge in [0.2, 0.25) is 0 Å². The highest BCUT2D eigenvalue weighted by Gasteiger charge is 2.37. The highest BCUT2D eigenvalue weighted by Crippen LogP contribution is 2.27. The van der Waals surface area contributed by atoms with Crippen molar-refractivity contribution in [2.45, 2.75) is 50.7 Å². The minimum absolute atomic E-state index is 0.00846. The molecule has 2 rings (SSSR count). The second-order valence-corrected chi connectivity index (χ2v) is 6.76. The van der Waals surface area contributed by atoms with E-state index in [1.54, 1.807) is 11.5 Å². The van der Waals surface area contributed by atoms with E-state index in [0.717, 1.165) is 0 Å². The summed E-state index contributed by atoms with van der Waals surface area (Å²) in [7, 11) is -3.71. The molecule has 1 aliphatic rings. The summed E-state index contributed by atoms with van der Waals surface area (Å²) in [4.78, 5) is 14.9. The number of carboxylic acids is 1. The summed E-state index contributed by atoms with van der Waals surface area (Å²) < 4.78 is 28.2. The fourth-order valence-electron chi connectivity index (χ4n) is 2.58.